The molecular weight excluding hydrogens is 314 g/mol. The number of non-ortho nitro benzene ring substituents is 1. The van der Waals surface area contributed by atoms with Gasteiger partial charge in [-0.05, 0) is 25.0 Å². The number of carbonyl (C=O) groups is 1. The summed E-state index contributed by atoms with van der Waals surface area (Å²) in [5.74, 6) is 0.678. The lowest BCUT2D eigenvalue weighted by atomic mass is 10.2. The summed E-state index contributed by atoms with van der Waals surface area (Å²) in [5, 5.41) is 20.2. The summed E-state index contributed by atoms with van der Waals surface area (Å²) in [7, 11) is 0. The Hall–Kier alpha value is -2.81. The van der Waals surface area contributed by atoms with Crippen LogP contribution in [0.2, 0.25) is 0 Å². The number of rotatable bonds is 6. The predicted octanol–water partition coefficient (Wildman–Crippen LogP) is 1.22. The van der Waals surface area contributed by atoms with Crippen molar-refractivity contribution in [1.82, 2.24) is 20.5 Å². The Morgan fingerprint density at radius 3 is 2.88 bits per heavy atom. The number of hydrogen-bond acceptors (Lipinski definition) is 6. The van der Waals surface area contributed by atoms with Gasteiger partial charge in [-0.15, -0.1) is 0 Å². The van der Waals surface area contributed by atoms with Crippen molar-refractivity contribution in [3.8, 4) is 11.4 Å². The molecule has 9 nitrogen and oxygen atoms in total. The molecule has 2 heterocycles. The van der Waals surface area contributed by atoms with Gasteiger partial charge in [0.2, 0.25) is 5.91 Å². The van der Waals surface area contributed by atoms with Gasteiger partial charge < -0.3 is 10.1 Å². The molecule has 2 aromatic rings. The number of nitro benzene ring substituents is 1. The Kier molecular flexibility index (Phi) is 4.80. The minimum absolute atomic E-state index is 0.00280. The molecule has 0 radical (unpaired) electrons. The van der Waals surface area contributed by atoms with Gasteiger partial charge in [0, 0.05) is 30.8 Å². The smallest absolute Gasteiger partial charge is 0.269 e. The van der Waals surface area contributed by atoms with Gasteiger partial charge in [-0.3, -0.25) is 20.0 Å². The third-order valence-corrected chi connectivity index (χ3v) is 3.75. The zero-order chi connectivity index (χ0) is 16.9. The number of amides is 1. The van der Waals surface area contributed by atoms with Crippen LogP contribution in [-0.4, -0.2) is 45.3 Å². The van der Waals surface area contributed by atoms with E-state index in [4.69, 9.17) is 4.74 Å². The topological polar surface area (TPSA) is 123 Å². The van der Waals surface area contributed by atoms with Gasteiger partial charge in [0.05, 0.1) is 17.4 Å². The second-order valence-electron chi connectivity index (χ2n) is 5.53. The van der Waals surface area contributed by atoms with E-state index in [1.807, 2.05) is 0 Å². The minimum Gasteiger partial charge on any atom is -0.376 e. The first-order valence-electron chi connectivity index (χ1n) is 7.66. The largest absolute Gasteiger partial charge is 0.376 e. The van der Waals surface area contributed by atoms with Crippen molar-refractivity contribution in [1.29, 1.82) is 0 Å². The second kappa shape index (κ2) is 7.18. The van der Waals surface area contributed by atoms with E-state index in [9.17, 15) is 14.9 Å². The lowest BCUT2D eigenvalue weighted by molar-refractivity contribution is -0.384. The van der Waals surface area contributed by atoms with Crippen LogP contribution in [0.25, 0.3) is 11.4 Å². The Labute approximate surface area is 137 Å². The van der Waals surface area contributed by atoms with E-state index in [1.165, 1.54) is 12.1 Å². The number of aromatic amines is 1. The lowest BCUT2D eigenvalue weighted by Gasteiger charge is -2.09. The van der Waals surface area contributed by atoms with Gasteiger partial charge in [0.1, 0.15) is 5.82 Å². The molecule has 2 N–H and O–H groups in total. The van der Waals surface area contributed by atoms with Gasteiger partial charge in [0.15, 0.2) is 5.82 Å². The molecule has 1 aromatic heterocycles. The van der Waals surface area contributed by atoms with Gasteiger partial charge in [-0.1, -0.05) is 0 Å². The van der Waals surface area contributed by atoms with Gasteiger partial charge >= 0.3 is 0 Å². The fourth-order valence-corrected chi connectivity index (χ4v) is 2.48. The molecule has 3 rings (SSSR count). The monoisotopic (exact) mass is 331 g/mol. The number of benzene rings is 1. The first-order chi connectivity index (χ1) is 11.6. The Morgan fingerprint density at radius 2 is 2.21 bits per heavy atom. The molecular formula is C15H17N5O4. The fraction of sp³-hybridized carbons (Fsp3) is 0.400. The quantitative estimate of drug-likeness (QED) is 0.606. The van der Waals surface area contributed by atoms with Gasteiger partial charge in [0.25, 0.3) is 5.69 Å². The highest BCUT2D eigenvalue weighted by Crippen LogP contribution is 2.19. The molecule has 1 amide bonds. The lowest BCUT2D eigenvalue weighted by Crippen LogP contribution is -2.33. The van der Waals surface area contributed by atoms with Crippen LogP contribution < -0.4 is 5.32 Å². The molecule has 0 saturated carbocycles. The van der Waals surface area contributed by atoms with E-state index in [0.29, 0.717) is 23.8 Å². The minimum atomic E-state index is -0.467. The van der Waals surface area contributed by atoms with Crippen molar-refractivity contribution in [3.63, 3.8) is 0 Å². The fourth-order valence-electron chi connectivity index (χ4n) is 2.48. The Balaban J connectivity index is 1.56. The van der Waals surface area contributed by atoms with E-state index < -0.39 is 4.92 Å². The number of nitrogens with one attached hydrogen (secondary N) is 2. The van der Waals surface area contributed by atoms with Crippen LogP contribution in [0.5, 0.6) is 0 Å². The maximum Gasteiger partial charge on any atom is 0.269 e. The van der Waals surface area contributed by atoms with E-state index >= 15 is 0 Å². The van der Waals surface area contributed by atoms with Crippen molar-refractivity contribution < 1.29 is 14.5 Å². The highest BCUT2D eigenvalue weighted by molar-refractivity contribution is 5.77. The highest BCUT2D eigenvalue weighted by Gasteiger charge is 2.17. The number of ether oxygens (including phenoxy) is 1. The average Bonchev–Trinajstić information content (AvgIpc) is 3.25. The summed E-state index contributed by atoms with van der Waals surface area (Å²) < 4.78 is 5.44. The molecule has 1 aliphatic rings. The molecule has 1 unspecified atom stereocenters. The predicted molar refractivity (Wildman–Crippen MR) is 84.2 cm³/mol. The maximum atomic E-state index is 11.9. The number of nitro groups is 1. The molecule has 1 fully saturated rings. The molecule has 24 heavy (non-hydrogen) atoms. The molecule has 0 aliphatic carbocycles. The molecule has 9 heteroatoms. The van der Waals surface area contributed by atoms with Crippen molar-refractivity contribution >= 4 is 11.6 Å². The molecule has 126 valence electrons. The highest BCUT2D eigenvalue weighted by atomic mass is 16.6. The summed E-state index contributed by atoms with van der Waals surface area (Å²) in [6, 6.07) is 5.92. The number of hydrogen-bond donors (Lipinski definition) is 2. The standard InChI is InChI=1S/C15H17N5O4/c21-14(16-9-12-2-1-7-24-12)8-13-17-15(19-18-13)10-3-5-11(6-4-10)20(22)23/h3-6,12H,1-2,7-9H2,(H,16,21)(H,17,18,19). The van der Waals surface area contributed by atoms with E-state index in [-0.39, 0.29) is 24.1 Å². The Morgan fingerprint density at radius 1 is 1.42 bits per heavy atom. The van der Waals surface area contributed by atoms with Gasteiger partial charge in [-0.2, -0.15) is 5.10 Å². The first-order valence-corrected chi connectivity index (χ1v) is 7.66. The Bertz CT molecular complexity index is 722. The molecule has 1 aromatic carbocycles. The zero-order valence-electron chi connectivity index (χ0n) is 12.9. The van der Waals surface area contributed by atoms with Crippen molar-refractivity contribution in [2.45, 2.75) is 25.4 Å². The molecule has 0 spiro atoms. The summed E-state index contributed by atoms with van der Waals surface area (Å²) in [6.45, 7) is 1.25. The maximum absolute atomic E-state index is 11.9. The third-order valence-electron chi connectivity index (χ3n) is 3.75. The molecule has 1 saturated heterocycles. The van der Waals surface area contributed by atoms with E-state index in [2.05, 4.69) is 20.5 Å². The van der Waals surface area contributed by atoms with Crippen LogP contribution in [0.3, 0.4) is 0 Å². The zero-order valence-corrected chi connectivity index (χ0v) is 12.9. The molecule has 1 aliphatic heterocycles. The van der Waals surface area contributed by atoms with Gasteiger partial charge in [-0.25, -0.2) is 4.98 Å². The second-order valence-corrected chi connectivity index (χ2v) is 5.53. The summed E-state index contributed by atoms with van der Waals surface area (Å²) in [4.78, 5) is 26.3. The SMILES string of the molecule is O=C(Cc1nc(-c2ccc([N+](=O)[O-])cc2)n[nH]1)NCC1CCCO1. The summed E-state index contributed by atoms with van der Waals surface area (Å²) >= 11 is 0. The number of aromatic nitrogens is 3. The van der Waals surface area contributed by atoms with Crippen molar-refractivity contribution in [3.05, 3.63) is 40.2 Å². The van der Waals surface area contributed by atoms with Crippen molar-refractivity contribution in [2.75, 3.05) is 13.2 Å². The van der Waals surface area contributed by atoms with E-state index in [0.717, 1.165) is 19.4 Å². The third kappa shape index (κ3) is 3.93. The number of H-pyrrole nitrogens is 1. The van der Waals surface area contributed by atoms with Crippen LogP contribution in [0, 0.1) is 10.1 Å². The normalized spacial score (nSPS) is 16.9. The number of nitrogens with zero attached hydrogens (tertiary/aromatic N) is 3. The summed E-state index contributed by atoms with van der Waals surface area (Å²) in [6.07, 6.45) is 2.18. The first kappa shape index (κ1) is 16.1. The van der Waals surface area contributed by atoms with Crippen LogP contribution in [-0.2, 0) is 16.0 Å². The van der Waals surface area contributed by atoms with Crippen LogP contribution in [0.1, 0.15) is 18.7 Å². The molecule has 1 atom stereocenters. The van der Waals surface area contributed by atoms with Crippen LogP contribution >= 0.6 is 0 Å². The van der Waals surface area contributed by atoms with Crippen molar-refractivity contribution in [2.24, 2.45) is 0 Å². The van der Waals surface area contributed by atoms with Crippen LogP contribution in [0.15, 0.2) is 24.3 Å². The van der Waals surface area contributed by atoms with E-state index in [1.54, 1.807) is 12.1 Å². The number of carbonyl (C=O) groups excluding carboxylic acids is 1. The summed E-state index contributed by atoms with van der Waals surface area (Å²) in [5.41, 5.74) is 0.644. The average molecular weight is 331 g/mol. The van der Waals surface area contributed by atoms with Crippen LogP contribution in [0.4, 0.5) is 5.69 Å². The molecule has 0 bridgehead atoms.